The van der Waals surface area contributed by atoms with Gasteiger partial charge in [0.25, 0.3) is 0 Å². The van der Waals surface area contributed by atoms with Crippen LogP contribution in [0.2, 0.25) is 0 Å². The molecule has 0 fully saturated rings. The normalized spacial score (nSPS) is 14.6. The second-order valence-corrected chi connectivity index (χ2v) is 29.1. The van der Waals surface area contributed by atoms with E-state index in [9.17, 15) is 43.2 Å². The van der Waals surface area contributed by atoms with Crippen LogP contribution in [0.4, 0.5) is 0 Å². The van der Waals surface area contributed by atoms with E-state index in [1.807, 2.05) is 0 Å². The van der Waals surface area contributed by atoms with Crippen molar-refractivity contribution in [2.24, 2.45) is 23.7 Å². The zero-order valence-electron chi connectivity index (χ0n) is 56.6. The maximum Gasteiger partial charge on any atom is 0.472 e. The SMILES string of the molecule is CCC(C)CCCCCCCCCCCCC(=O)O[C@H](COC(=O)CCCCCCCCCC(C)C)COP(=O)(O)OCC(O)COP(=O)(O)OC[C@@H](COC(=O)CCCCCCCCCCCCC(C)C)OC(=O)CCCCCCCCCC(C)C. The highest BCUT2D eigenvalue weighted by molar-refractivity contribution is 7.47. The highest BCUT2D eigenvalue weighted by atomic mass is 31.2. The van der Waals surface area contributed by atoms with Crippen molar-refractivity contribution in [3.05, 3.63) is 0 Å². The first-order chi connectivity index (χ1) is 41.6. The van der Waals surface area contributed by atoms with E-state index >= 15 is 0 Å². The van der Waals surface area contributed by atoms with Gasteiger partial charge >= 0.3 is 39.5 Å². The van der Waals surface area contributed by atoms with E-state index < -0.39 is 97.5 Å². The molecule has 6 atom stereocenters. The summed E-state index contributed by atoms with van der Waals surface area (Å²) in [5, 5.41) is 10.6. The molecule has 0 rings (SSSR count). The minimum atomic E-state index is -4.95. The summed E-state index contributed by atoms with van der Waals surface area (Å²) in [6.07, 6.45) is 39.0. The van der Waals surface area contributed by atoms with E-state index in [-0.39, 0.29) is 25.7 Å². The molecule has 0 bridgehead atoms. The summed E-state index contributed by atoms with van der Waals surface area (Å²) < 4.78 is 68.2. The molecule has 516 valence electrons. The van der Waals surface area contributed by atoms with Crippen molar-refractivity contribution in [2.75, 3.05) is 39.6 Å². The standard InChI is InChI=1S/C68H132O17P2/c1-9-61(8)47-39-31-23-15-11-13-17-25-34-42-50-67(72)84-63(55-79-66(71)49-41-33-26-18-21-29-37-45-59(4)5)56-82-86(74,75)80-52-62(69)53-81-87(76,77)83-57-64(85-68(73)51-43-35-27-19-22-30-38-46-60(6)7)54-78-65(70)48-40-32-24-16-12-10-14-20-28-36-44-58(2)3/h58-64,69H,9-57H2,1-8H3,(H,74,75)(H,76,77)/t61?,62?,63-,64-/m1/s1. The molecule has 0 aliphatic rings. The second-order valence-electron chi connectivity index (χ2n) is 26.2. The van der Waals surface area contributed by atoms with Crippen LogP contribution in [-0.4, -0.2) is 96.7 Å². The summed E-state index contributed by atoms with van der Waals surface area (Å²) >= 11 is 0. The Kier molecular flexibility index (Phi) is 56.6. The number of hydrogen-bond donors (Lipinski definition) is 3. The largest absolute Gasteiger partial charge is 0.472 e. The van der Waals surface area contributed by atoms with Crippen LogP contribution in [0.3, 0.4) is 0 Å². The molecule has 0 aromatic rings. The fourth-order valence-corrected chi connectivity index (χ4v) is 11.7. The fraction of sp³-hybridized carbons (Fsp3) is 0.941. The van der Waals surface area contributed by atoms with Gasteiger partial charge in [0.2, 0.25) is 0 Å². The van der Waals surface area contributed by atoms with Crippen molar-refractivity contribution < 1.29 is 80.2 Å². The third kappa shape index (κ3) is 61.3. The Morgan fingerprint density at radius 3 is 0.816 bits per heavy atom. The highest BCUT2D eigenvalue weighted by Crippen LogP contribution is 2.45. The Bertz CT molecular complexity index is 1730. The van der Waals surface area contributed by atoms with Crippen LogP contribution in [0, 0.1) is 23.7 Å². The number of phosphoric ester groups is 2. The molecule has 4 unspecified atom stereocenters. The summed E-state index contributed by atoms with van der Waals surface area (Å²) in [7, 11) is -9.90. The molecule has 0 aromatic carbocycles. The highest BCUT2D eigenvalue weighted by Gasteiger charge is 2.30. The van der Waals surface area contributed by atoms with Gasteiger partial charge in [0.1, 0.15) is 19.3 Å². The minimum absolute atomic E-state index is 0.103. The predicted octanol–water partition coefficient (Wildman–Crippen LogP) is 18.9. The fourth-order valence-electron chi connectivity index (χ4n) is 10.1. The van der Waals surface area contributed by atoms with Crippen molar-refractivity contribution >= 4 is 39.5 Å². The van der Waals surface area contributed by atoms with Crippen LogP contribution in [0.25, 0.3) is 0 Å². The first kappa shape index (κ1) is 85.1. The van der Waals surface area contributed by atoms with E-state index in [1.54, 1.807) is 0 Å². The molecular weight excluding hydrogens is 1150 g/mol. The Morgan fingerprint density at radius 1 is 0.322 bits per heavy atom. The number of esters is 4. The van der Waals surface area contributed by atoms with E-state index in [0.29, 0.717) is 37.5 Å². The van der Waals surface area contributed by atoms with Crippen molar-refractivity contribution in [1.82, 2.24) is 0 Å². The van der Waals surface area contributed by atoms with Gasteiger partial charge < -0.3 is 33.8 Å². The first-order valence-electron chi connectivity index (χ1n) is 35.2. The molecule has 0 spiro atoms. The number of unbranched alkanes of at least 4 members (excludes halogenated alkanes) is 30. The predicted molar refractivity (Wildman–Crippen MR) is 349 cm³/mol. The number of phosphoric acid groups is 2. The number of rotatable bonds is 65. The smallest absolute Gasteiger partial charge is 0.462 e. The Balaban J connectivity index is 5.25. The van der Waals surface area contributed by atoms with Crippen molar-refractivity contribution in [2.45, 2.75) is 350 Å². The first-order valence-corrected chi connectivity index (χ1v) is 38.2. The van der Waals surface area contributed by atoms with Crippen molar-refractivity contribution in [3.8, 4) is 0 Å². The summed E-state index contributed by atoms with van der Waals surface area (Å²) in [4.78, 5) is 72.4. The molecule has 87 heavy (non-hydrogen) atoms. The average molecular weight is 1280 g/mol. The van der Waals surface area contributed by atoms with Crippen LogP contribution >= 0.6 is 15.6 Å². The topological polar surface area (TPSA) is 237 Å². The number of aliphatic hydroxyl groups excluding tert-OH is 1. The van der Waals surface area contributed by atoms with E-state index in [2.05, 4.69) is 55.4 Å². The molecule has 0 aliphatic carbocycles. The molecule has 0 saturated heterocycles. The maximum absolute atomic E-state index is 13.0. The second kappa shape index (κ2) is 57.9. The van der Waals surface area contributed by atoms with Crippen LogP contribution in [0.1, 0.15) is 331 Å². The summed E-state index contributed by atoms with van der Waals surface area (Å²) in [5.41, 5.74) is 0. The Hall–Kier alpha value is -1.94. The maximum atomic E-state index is 13.0. The lowest BCUT2D eigenvalue weighted by atomic mass is 9.99. The van der Waals surface area contributed by atoms with Crippen LogP contribution < -0.4 is 0 Å². The zero-order chi connectivity index (χ0) is 64.7. The molecule has 0 heterocycles. The molecule has 0 saturated carbocycles. The number of carbonyl (C=O) groups is 4. The van der Waals surface area contributed by atoms with Gasteiger partial charge in [0, 0.05) is 25.7 Å². The van der Waals surface area contributed by atoms with Gasteiger partial charge in [-0.1, -0.05) is 280 Å². The third-order valence-corrected chi connectivity index (χ3v) is 17.8. The number of carbonyl (C=O) groups excluding carboxylic acids is 4. The summed E-state index contributed by atoms with van der Waals surface area (Å²) in [6, 6.07) is 0. The van der Waals surface area contributed by atoms with Crippen LogP contribution in [0.5, 0.6) is 0 Å². The number of aliphatic hydroxyl groups is 1. The third-order valence-electron chi connectivity index (χ3n) is 15.9. The van der Waals surface area contributed by atoms with Crippen LogP contribution in [-0.2, 0) is 65.4 Å². The lowest BCUT2D eigenvalue weighted by Crippen LogP contribution is -2.30. The molecule has 17 nitrogen and oxygen atoms in total. The van der Waals surface area contributed by atoms with Crippen molar-refractivity contribution in [1.29, 1.82) is 0 Å². The molecule has 3 N–H and O–H groups in total. The van der Waals surface area contributed by atoms with E-state index in [4.69, 9.17) is 37.0 Å². The molecule has 0 aliphatic heterocycles. The van der Waals surface area contributed by atoms with Gasteiger partial charge in [-0.2, -0.15) is 0 Å². The van der Waals surface area contributed by atoms with Gasteiger partial charge in [0.15, 0.2) is 12.2 Å². The number of hydrogen-bond acceptors (Lipinski definition) is 15. The molecular formula is C68H132O17P2. The summed E-state index contributed by atoms with van der Waals surface area (Å²) in [6.45, 7) is 14.0. The van der Waals surface area contributed by atoms with Gasteiger partial charge in [-0.15, -0.1) is 0 Å². The van der Waals surface area contributed by atoms with Crippen LogP contribution in [0.15, 0.2) is 0 Å². The van der Waals surface area contributed by atoms with Gasteiger partial charge in [-0.05, 0) is 49.4 Å². The Morgan fingerprint density at radius 2 is 0.552 bits per heavy atom. The molecule has 19 heteroatoms. The minimum Gasteiger partial charge on any atom is -0.462 e. The monoisotopic (exact) mass is 1280 g/mol. The summed E-state index contributed by atoms with van der Waals surface area (Å²) in [5.74, 6) is 0.828. The van der Waals surface area contributed by atoms with E-state index in [1.165, 1.54) is 128 Å². The lowest BCUT2D eigenvalue weighted by Gasteiger charge is -2.21. The average Bonchev–Trinajstić information content (AvgIpc) is 3.66. The zero-order valence-corrected chi connectivity index (χ0v) is 58.4. The lowest BCUT2D eigenvalue weighted by molar-refractivity contribution is -0.161. The molecule has 0 radical (unpaired) electrons. The van der Waals surface area contributed by atoms with Gasteiger partial charge in [0.05, 0.1) is 26.4 Å². The quantitative estimate of drug-likeness (QED) is 0.0222. The van der Waals surface area contributed by atoms with Gasteiger partial charge in [-0.25, -0.2) is 9.13 Å². The van der Waals surface area contributed by atoms with Gasteiger partial charge in [-0.3, -0.25) is 37.3 Å². The van der Waals surface area contributed by atoms with Crippen molar-refractivity contribution in [3.63, 3.8) is 0 Å². The van der Waals surface area contributed by atoms with E-state index in [0.717, 1.165) is 108 Å². The Labute approximate surface area is 530 Å². The number of ether oxygens (including phenoxy) is 4. The molecule has 0 amide bonds. The molecule has 0 aromatic heterocycles.